The van der Waals surface area contributed by atoms with Crippen LogP contribution in [0.5, 0.6) is 0 Å². The lowest BCUT2D eigenvalue weighted by molar-refractivity contribution is 0.214. The molecule has 2 aromatic rings. The molecule has 74 valence electrons. The zero-order valence-electron chi connectivity index (χ0n) is 7.64. The lowest BCUT2D eigenvalue weighted by Crippen LogP contribution is -2.04. The van der Waals surface area contributed by atoms with Gasteiger partial charge in [-0.05, 0) is 33.4 Å². The van der Waals surface area contributed by atoms with Crippen molar-refractivity contribution in [1.82, 2.24) is 4.57 Å². The van der Waals surface area contributed by atoms with Gasteiger partial charge < -0.3 is 9.67 Å². The summed E-state index contributed by atoms with van der Waals surface area (Å²) in [5, 5.41) is 12.1. The molecule has 0 fully saturated rings. The van der Waals surface area contributed by atoms with Gasteiger partial charge in [0.2, 0.25) is 0 Å². The molecule has 0 amide bonds. The number of nitrogens with zero attached hydrogens (tertiary/aromatic N) is 1. The predicted octanol–water partition coefficient (Wildman–Crippen LogP) is 2.93. The Morgan fingerprint density at radius 1 is 1.50 bits per heavy atom. The molecule has 0 radical (unpaired) electrons. The topological polar surface area (TPSA) is 25.2 Å². The fourth-order valence-corrected chi connectivity index (χ4v) is 2.74. The van der Waals surface area contributed by atoms with E-state index in [2.05, 4.69) is 15.9 Å². The Morgan fingerprint density at radius 3 is 2.79 bits per heavy atom. The van der Waals surface area contributed by atoms with Crippen molar-refractivity contribution >= 4 is 27.3 Å². The van der Waals surface area contributed by atoms with Gasteiger partial charge in [0.1, 0.15) is 6.10 Å². The molecule has 2 nitrogen and oxygen atoms in total. The first-order chi connectivity index (χ1) is 6.70. The molecule has 2 rings (SSSR count). The van der Waals surface area contributed by atoms with Gasteiger partial charge in [-0.2, -0.15) is 0 Å². The van der Waals surface area contributed by atoms with Crippen molar-refractivity contribution < 1.29 is 5.11 Å². The molecule has 0 spiro atoms. The maximum absolute atomic E-state index is 10.1. The Morgan fingerprint density at radius 2 is 2.29 bits per heavy atom. The molecule has 2 heterocycles. The molecule has 0 aliphatic carbocycles. The highest BCUT2D eigenvalue weighted by atomic mass is 79.9. The second-order valence-corrected chi connectivity index (χ2v) is 4.91. The largest absolute Gasteiger partial charge is 0.381 e. The van der Waals surface area contributed by atoms with Gasteiger partial charge in [0.05, 0.1) is 5.69 Å². The van der Waals surface area contributed by atoms with Crippen LogP contribution in [0.15, 0.2) is 34.2 Å². The molecule has 14 heavy (non-hydrogen) atoms. The second-order valence-electron chi connectivity index (χ2n) is 3.08. The van der Waals surface area contributed by atoms with E-state index in [0.29, 0.717) is 0 Å². The maximum Gasteiger partial charge on any atom is 0.129 e. The Hall–Kier alpha value is -0.580. The number of aliphatic hydroxyl groups is 1. The van der Waals surface area contributed by atoms with Crippen molar-refractivity contribution in [3.63, 3.8) is 0 Å². The van der Waals surface area contributed by atoms with Crippen molar-refractivity contribution in [2.45, 2.75) is 6.10 Å². The fourth-order valence-electron chi connectivity index (χ4n) is 1.42. The van der Waals surface area contributed by atoms with E-state index in [1.54, 1.807) is 11.3 Å². The minimum atomic E-state index is -0.538. The minimum absolute atomic E-state index is 0.538. The molecular formula is C10H10BrNOS. The quantitative estimate of drug-likeness (QED) is 0.893. The lowest BCUT2D eigenvalue weighted by atomic mass is 10.2. The van der Waals surface area contributed by atoms with Gasteiger partial charge in [-0.15, -0.1) is 11.3 Å². The van der Waals surface area contributed by atoms with Gasteiger partial charge >= 0.3 is 0 Å². The predicted molar refractivity (Wildman–Crippen MR) is 61.5 cm³/mol. The molecule has 0 saturated carbocycles. The summed E-state index contributed by atoms with van der Waals surface area (Å²) in [6.07, 6.45) is 1.39. The summed E-state index contributed by atoms with van der Waals surface area (Å²) in [5.41, 5.74) is 0.896. The zero-order chi connectivity index (χ0) is 10.1. The van der Waals surface area contributed by atoms with E-state index in [4.69, 9.17) is 0 Å². The standard InChI is InChI=1S/C10H10BrNOS/c1-12-5-4-7(11)9(12)10(13)8-3-2-6-14-8/h2-6,10,13H,1H3. The van der Waals surface area contributed by atoms with Gasteiger partial charge in [0.25, 0.3) is 0 Å². The smallest absolute Gasteiger partial charge is 0.129 e. The first-order valence-electron chi connectivity index (χ1n) is 4.22. The number of aliphatic hydroxyl groups excluding tert-OH is 1. The molecule has 0 aliphatic heterocycles. The summed E-state index contributed by atoms with van der Waals surface area (Å²) in [4.78, 5) is 0.965. The average Bonchev–Trinajstić information content (AvgIpc) is 2.75. The number of rotatable bonds is 2. The summed E-state index contributed by atoms with van der Waals surface area (Å²) in [7, 11) is 1.93. The van der Waals surface area contributed by atoms with Gasteiger partial charge in [-0.25, -0.2) is 0 Å². The van der Waals surface area contributed by atoms with E-state index < -0.39 is 6.10 Å². The lowest BCUT2D eigenvalue weighted by Gasteiger charge is -2.10. The number of aromatic nitrogens is 1. The Kier molecular flexibility index (Phi) is 2.76. The normalized spacial score (nSPS) is 13.1. The molecule has 1 atom stereocenters. The Balaban J connectivity index is 2.41. The van der Waals surface area contributed by atoms with E-state index >= 15 is 0 Å². The number of hydrogen-bond acceptors (Lipinski definition) is 2. The number of thiophene rings is 1. The Labute approximate surface area is 94.9 Å². The fraction of sp³-hybridized carbons (Fsp3) is 0.200. The molecule has 1 N–H and O–H groups in total. The van der Waals surface area contributed by atoms with E-state index in [-0.39, 0.29) is 0 Å². The van der Waals surface area contributed by atoms with Crippen LogP contribution in [-0.2, 0) is 7.05 Å². The van der Waals surface area contributed by atoms with Crippen molar-refractivity contribution in [2.24, 2.45) is 7.05 Å². The summed E-state index contributed by atoms with van der Waals surface area (Å²) >= 11 is 4.99. The molecule has 4 heteroatoms. The SMILES string of the molecule is Cn1ccc(Br)c1C(O)c1cccs1. The highest BCUT2D eigenvalue weighted by molar-refractivity contribution is 9.10. The van der Waals surface area contributed by atoms with Gasteiger partial charge in [0, 0.05) is 22.6 Å². The van der Waals surface area contributed by atoms with E-state index in [1.165, 1.54) is 0 Å². The molecule has 2 aromatic heterocycles. The Bertz CT molecular complexity index is 402. The van der Waals surface area contributed by atoms with E-state index in [9.17, 15) is 5.11 Å². The summed E-state index contributed by atoms with van der Waals surface area (Å²) in [5.74, 6) is 0. The molecule has 1 unspecified atom stereocenters. The van der Waals surface area contributed by atoms with Gasteiger partial charge in [-0.3, -0.25) is 0 Å². The van der Waals surface area contributed by atoms with E-state index in [1.807, 2.05) is 41.4 Å². The van der Waals surface area contributed by atoms with Crippen LogP contribution in [0.25, 0.3) is 0 Å². The van der Waals surface area contributed by atoms with Gasteiger partial charge in [-0.1, -0.05) is 6.07 Å². The number of halogens is 1. The van der Waals surface area contributed by atoms with E-state index in [0.717, 1.165) is 15.0 Å². The third kappa shape index (κ3) is 1.65. The van der Waals surface area contributed by atoms with Gasteiger partial charge in [0.15, 0.2) is 0 Å². The molecular weight excluding hydrogens is 262 g/mol. The van der Waals surface area contributed by atoms with Crippen LogP contribution in [0.2, 0.25) is 0 Å². The highest BCUT2D eigenvalue weighted by Gasteiger charge is 2.17. The molecule has 0 aromatic carbocycles. The van der Waals surface area contributed by atoms with Crippen LogP contribution >= 0.6 is 27.3 Å². The van der Waals surface area contributed by atoms with Crippen LogP contribution in [0, 0.1) is 0 Å². The van der Waals surface area contributed by atoms with Crippen LogP contribution in [-0.4, -0.2) is 9.67 Å². The van der Waals surface area contributed by atoms with Crippen molar-refractivity contribution in [3.8, 4) is 0 Å². The minimum Gasteiger partial charge on any atom is -0.381 e. The van der Waals surface area contributed by atoms with Crippen LogP contribution in [0.4, 0.5) is 0 Å². The average molecular weight is 272 g/mol. The van der Waals surface area contributed by atoms with Crippen molar-refractivity contribution in [1.29, 1.82) is 0 Å². The second kappa shape index (κ2) is 3.88. The molecule has 0 aliphatic rings. The first kappa shape index (κ1) is 9.96. The first-order valence-corrected chi connectivity index (χ1v) is 5.89. The van der Waals surface area contributed by atoms with Crippen LogP contribution in [0.3, 0.4) is 0 Å². The number of hydrogen-bond donors (Lipinski definition) is 1. The van der Waals surface area contributed by atoms with Crippen molar-refractivity contribution in [3.05, 3.63) is 44.8 Å². The van der Waals surface area contributed by atoms with Crippen LogP contribution in [0.1, 0.15) is 16.7 Å². The zero-order valence-corrected chi connectivity index (χ0v) is 10.0. The summed E-state index contributed by atoms with van der Waals surface area (Å²) < 4.78 is 2.87. The summed E-state index contributed by atoms with van der Waals surface area (Å²) in [6.45, 7) is 0. The molecule has 0 bridgehead atoms. The molecule has 0 saturated heterocycles. The van der Waals surface area contributed by atoms with Crippen LogP contribution < -0.4 is 0 Å². The monoisotopic (exact) mass is 271 g/mol. The third-order valence-electron chi connectivity index (χ3n) is 2.14. The number of aryl methyl sites for hydroxylation is 1. The highest BCUT2D eigenvalue weighted by Crippen LogP contribution is 2.31. The third-order valence-corrected chi connectivity index (χ3v) is 3.74. The summed E-state index contributed by atoms with van der Waals surface area (Å²) in [6, 6.07) is 5.82. The van der Waals surface area contributed by atoms with Crippen molar-refractivity contribution in [2.75, 3.05) is 0 Å². The maximum atomic E-state index is 10.1.